The van der Waals surface area contributed by atoms with Crippen LogP contribution in [-0.2, 0) is 19.0 Å². The van der Waals surface area contributed by atoms with Crippen LogP contribution in [0.4, 0.5) is 0 Å². The van der Waals surface area contributed by atoms with E-state index in [2.05, 4.69) is 58.0 Å². The lowest BCUT2D eigenvalue weighted by Crippen LogP contribution is -2.36. The van der Waals surface area contributed by atoms with Crippen LogP contribution >= 0.6 is 11.6 Å². The van der Waals surface area contributed by atoms with Gasteiger partial charge in [0.1, 0.15) is 5.82 Å². The summed E-state index contributed by atoms with van der Waals surface area (Å²) < 4.78 is 2.33. The summed E-state index contributed by atoms with van der Waals surface area (Å²) in [5.74, 6) is 2.11. The molecule has 0 radical (unpaired) electrons. The minimum Gasteiger partial charge on any atom is -0.327 e. The number of benzene rings is 2. The molecule has 1 fully saturated rings. The van der Waals surface area contributed by atoms with E-state index in [1.165, 1.54) is 30.5 Å². The van der Waals surface area contributed by atoms with Crippen molar-refractivity contribution in [3.8, 4) is 0 Å². The number of alkyl halides is 1. The number of piperidine rings is 1. The van der Waals surface area contributed by atoms with Gasteiger partial charge in [-0.15, -0.1) is 11.6 Å². The SMILES string of the molecule is ClCc1nc2ccccc2n1C[C@H]1CCCN(Cc2ccccc2)C1. The van der Waals surface area contributed by atoms with E-state index in [1.54, 1.807) is 0 Å². The van der Waals surface area contributed by atoms with E-state index in [0.717, 1.165) is 31.0 Å². The second-order valence-electron chi connectivity index (χ2n) is 6.99. The quantitative estimate of drug-likeness (QED) is 0.620. The first-order valence-electron chi connectivity index (χ1n) is 9.10. The van der Waals surface area contributed by atoms with Crippen LogP contribution in [-0.4, -0.2) is 27.5 Å². The maximum Gasteiger partial charge on any atom is 0.124 e. The Morgan fingerprint density at radius 2 is 1.84 bits per heavy atom. The zero-order chi connectivity index (χ0) is 17.1. The predicted octanol–water partition coefficient (Wildman–Crippen LogP) is 4.69. The molecule has 1 atom stereocenters. The Kier molecular flexibility index (Phi) is 5.04. The van der Waals surface area contributed by atoms with Crippen molar-refractivity contribution in [3.05, 3.63) is 66.0 Å². The Bertz CT molecular complexity index is 828. The van der Waals surface area contributed by atoms with Gasteiger partial charge in [0.15, 0.2) is 0 Å². The van der Waals surface area contributed by atoms with Crippen LogP contribution < -0.4 is 0 Å². The Labute approximate surface area is 154 Å². The molecule has 0 saturated carbocycles. The molecule has 1 saturated heterocycles. The molecule has 130 valence electrons. The van der Waals surface area contributed by atoms with Crippen LogP contribution in [0.15, 0.2) is 54.6 Å². The number of fused-ring (bicyclic) bond motifs is 1. The molecule has 2 aromatic carbocycles. The normalized spacial score (nSPS) is 18.7. The van der Waals surface area contributed by atoms with Crippen molar-refractivity contribution in [1.82, 2.24) is 14.5 Å². The van der Waals surface area contributed by atoms with Gasteiger partial charge in [-0.1, -0.05) is 42.5 Å². The number of hydrogen-bond acceptors (Lipinski definition) is 2. The maximum absolute atomic E-state index is 6.16. The van der Waals surface area contributed by atoms with E-state index in [4.69, 9.17) is 16.6 Å². The molecule has 2 heterocycles. The number of para-hydroxylation sites is 2. The van der Waals surface area contributed by atoms with Gasteiger partial charge in [0.05, 0.1) is 16.9 Å². The molecule has 0 unspecified atom stereocenters. The molecule has 4 rings (SSSR count). The number of nitrogens with zero attached hydrogens (tertiary/aromatic N) is 3. The van der Waals surface area contributed by atoms with Gasteiger partial charge in [0.2, 0.25) is 0 Å². The predicted molar refractivity (Wildman–Crippen MR) is 104 cm³/mol. The standard InChI is InChI=1S/C21H24ClN3/c22-13-21-23-19-10-4-5-11-20(19)25(21)16-18-9-6-12-24(15-18)14-17-7-2-1-3-8-17/h1-5,7-8,10-11,18H,6,9,12-16H2/t18-/m0/s1. The van der Waals surface area contributed by atoms with Gasteiger partial charge in [0.25, 0.3) is 0 Å². The third kappa shape index (κ3) is 3.73. The van der Waals surface area contributed by atoms with E-state index in [9.17, 15) is 0 Å². The smallest absolute Gasteiger partial charge is 0.124 e. The van der Waals surface area contributed by atoms with Crippen molar-refractivity contribution in [2.75, 3.05) is 13.1 Å². The van der Waals surface area contributed by atoms with Crippen LogP contribution in [0.2, 0.25) is 0 Å². The maximum atomic E-state index is 6.16. The van der Waals surface area contributed by atoms with Crippen molar-refractivity contribution >= 4 is 22.6 Å². The summed E-state index contributed by atoms with van der Waals surface area (Å²) in [6, 6.07) is 19.1. The first-order chi connectivity index (χ1) is 12.3. The summed E-state index contributed by atoms with van der Waals surface area (Å²) >= 11 is 6.16. The fourth-order valence-corrected chi connectivity index (χ4v) is 4.18. The highest BCUT2D eigenvalue weighted by atomic mass is 35.5. The summed E-state index contributed by atoms with van der Waals surface area (Å²) in [6.45, 7) is 4.39. The lowest BCUT2D eigenvalue weighted by Gasteiger charge is -2.33. The molecule has 0 bridgehead atoms. The lowest BCUT2D eigenvalue weighted by molar-refractivity contribution is 0.156. The fraction of sp³-hybridized carbons (Fsp3) is 0.381. The molecule has 1 aliphatic rings. The van der Waals surface area contributed by atoms with Crippen molar-refractivity contribution < 1.29 is 0 Å². The Morgan fingerprint density at radius 3 is 2.68 bits per heavy atom. The number of rotatable bonds is 5. The Balaban J connectivity index is 1.49. The molecule has 3 nitrogen and oxygen atoms in total. The zero-order valence-electron chi connectivity index (χ0n) is 14.4. The average Bonchev–Trinajstić information content (AvgIpc) is 3.01. The van der Waals surface area contributed by atoms with Crippen molar-refractivity contribution in [1.29, 1.82) is 0 Å². The van der Waals surface area contributed by atoms with Gasteiger partial charge in [-0.05, 0) is 43.0 Å². The van der Waals surface area contributed by atoms with Crippen molar-refractivity contribution in [3.63, 3.8) is 0 Å². The van der Waals surface area contributed by atoms with Gasteiger partial charge in [-0.3, -0.25) is 4.90 Å². The van der Waals surface area contributed by atoms with Gasteiger partial charge in [0, 0.05) is 19.6 Å². The summed E-state index contributed by atoms with van der Waals surface area (Å²) in [5.41, 5.74) is 3.66. The number of hydrogen-bond donors (Lipinski definition) is 0. The van der Waals surface area contributed by atoms with Gasteiger partial charge in [-0.2, -0.15) is 0 Å². The molecule has 0 spiro atoms. The Morgan fingerprint density at radius 1 is 1.04 bits per heavy atom. The van der Waals surface area contributed by atoms with Gasteiger partial charge >= 0.3 is 0 Å². The van der Waals surface area contributed by atoms with Crippen molar-refractivity contribution in [2.24, 2.45) is 5.92 Å². The third-order valence-corrected chi connectivity index (χ3v) is 5.39. The van der Waals surface area contributed by atoms with E-state index in [-0.39, 0.29) is 0 Å². The number of imidazole rings is 1. The van der Waals surface area contributed by atoms with E-state index in [0.29, 0.717) is 11.8 Å². The molecule has 25 heavy (non-hydrogen) atoms. The Hall–Kier alpha value is -1.84. The molecular formula is C21H24ClN3. The molecule has 4 heteroatoms. The molecule has 0 aliphatic carbocycles. The van der Waals surface area contributed by atoms with E-state index < -0.39 is 0 Å². The van der Waals surface area contributed by atoms with Crippen molar-refractivity contribution in [2.45, 2.75) is 31.8 Å². The summed E-state index contributed by atoms with van der Waals surface area (Å²) in [6.07, 6.45) is 2.54. The molecule has 3 aromatic rings. The lowest BCUT2D eigenvalue weighted by atomic mass is 9.97. The summed E-state index contributed by atoms with van der Waals surface area (Å²) in [5, 5.41) is 0. The first kappa shape index (κ1) is 16.6. The van der Waals surface area contributed by atoms with Crippen LogP contribution in [0.1, 0.15) is 24.2 Å². The molecule has 0 amide bonds. The highest BCUT2D eigenvalue weighted by Crippen LogP contribution is 2.24. The van der Waals surface area contributed by atoms with Crippen LogP contribution in [0, 0.1) is 5.92 Å². The van der Waals surface area contributed by atoms with Crippen LogP contribution in [0.25, 0.3) is 11.0 Å². The molecular weight excluding hydrogens is 330 g/mol. The van der Waals surface area contributed by atoms with Crippen LogP contribution in [0.5, 0.6) is 0 Å². The second-order valence-corrected chi connectivity index (χ2v) is 7.26. The van der Waals surface area contributed by atoms with Gasteiger partial charge in [-0.25, -0.2) is 4.98 Å². The number of halogens is 1. The monoisotopic (exact) mass is 353 g/mol. The van der Waals surface area contributed by atoms with Gasteiger partial charge < -0.3 is 4.57 Å². The average molecular weight is 354 g/mol. The van der Waals surface area contributed by atoms with E-state index >= 15 is 0 Å². The summed E-state index contributed by atoms with van der Waals surface area (Å²) in [7, 11) is 0. The first-order valence-corrected chi connectivity index (χ1v) is 9.63. The molecule has 0 N–H and O–H groups in total. The van der Waals surface area contributed by atoms with E-state index in [1.807, 2.05) is 6.07 Å². The molecule has 1 aromatic heterocycles. The highest BCUT2D eigenvalue weighted by molar-refractivity contribution is 6.16. The number of aromatic nitrogens is 2. The second kappa shape index (κ2) is 7.59. The highest BCUT2D eigenvalue weighted by Gasteiger charge is 2.22. The third-order valence-electron chi connectivity index (χ3n) is 5.15. The molecule has 1 aliphatic heterocycles. The minimum absolute atomic E-state index is 0.467. The topological polar surface area (TPSA) is 21.1 Å². The summed E-state index contributed by atoms with van der Waals surface area (Å²) in [4.78, 5) is 7.29. The number of likely N-dealkylation sites (tertiary alicyclic amines) is 1. The minimum atomic E-state index is 0.467. The zero-order valence-corrected chi connectivity index (χ0v) is 15.2. The largest absolute Gasteiger partial charge is 0.327 e. The fourth-order valence-electron chi connectivity index (χ4n) is 3.97. The van der Waals surface area contributed by atoms with Crippen LogP contribution in [0.3, 0.4) is 0 Å².